The quantitative estimate of drug-likeness (QED) is 0.0858. The van der Waals surface area contributed by atoms with E-state index in [4.69, 9.17) is 20.8 Å². The fourth-order valence-corrected chi connectivity index (χ4v) is 7.93. The van der Waals surface area contributed by atoms with E-state index in [1.54, 1.807) is 40.1 Å². The molecule has 1 aliphatic rings. The molecule has 0 bridgehead atoms. The zero-order valence-electron chi connectivity index (χ0n) is 31.9. The summed E-state index contributed by atoms with van der Waals surface area (Å²) in [6, 6.07) is 27.8. The molecule has 0 spiro atoms. The smallest absolute Gasteiger partial charge is 0.264 e. The fraction of sp³-hybridized carbons (Fsp3) is 0.302. The lowest BCUT2D eigenvalue weighted by Gasteiger charge is -2.36. The summed E-state index contributed by atoms with van der Waals surface area (Å²) in [5.41, 5.74) is 6.15. The van der Waals surface area contributed by atoms with Gasteiger partial charge in [0.25, 0.3) is 11.8 Å². The number of alkyl halides is 1. The van der Waals surface area contributed by atoms with Gasteiger partial charge in [0.2, 0.25) is 8.32 Å². The first-order valence-electron chi connectivity index (χ1n) is 18.1. The van der Waals surface area contributed by atoms with Crippen molar-refractivity contribution in [3.8, 4) is 28.5 Å². The van der Waals surface area contributed by atoms with Gasteiger partial charge >= 0.3 is 0 Å². The summed E-state index contributed by atoms with van der Waals surface area (Å²) >= 11 is 8.86. The minimum Gasteiger partial charge on any atom is -0.544 e. The van der Waals surface area contributed by atoms with Crippen LogP contribution in [0.5, 0.6) is 17.2 Å². The third kappa shape index (κ3) is 8.06. The van der Waals surface area contributed by atoms with Gasteiger partial charge in [-0.05, 0) is 104 Å². The van der Waals surface area contributed by atoms with Gasteiger partial charge in [-0.25, -0.2) is 0 Å². The van der Waals surface area contributed by atoms with Crippen LogP contribution in [0.3, 0.4) is 0 Å². The van der Waals surface area contributed by atoms with Gasteiger partial charge in [0.15, 0.2) is 0 Å². The Morgan fingerprint density at radius 3 is 2.35 bits per heavy atom. The fourth-order valence-electron chi connectivity index (χ4n) is 6.51. The molecule has 0 fully saturated rings. The van der Waals surface area contributed by atoms with Crippen molar-refractivity contribution < 1.29 is 23.9 Å². The van der Waals surface area contributed by atoms with Gasteiger partial charge in [-0.1, -0.05) is 73.2 Å². The van der Waals surface area contributed by atoms with Crippen molar-refractivity contribution in [2.75, 3.05) is 22.5 Å². The van der Waals surface area contributed by atoms with E-state index in [9.17, 15) is 14.7 Å². The molecule has 5 aromatic rings. The van der Waals surface area contributed by atoms with Crippen molar-refractivity contribution in [3.63, 3.8) is 0 Å². The van der Waals surface area contributed by atoms with Crippen molar-refractivity contribution in [2.45, 2.75) is 58.8 Å². The molecule has 0 saturated carbocycles. The molecule has 8 nitrogen and oxygen atoms in total. The zero-order chi connectivity index (χ0) is 38.9. The Bertz CT molecular complexity index is 2190. The normalized spacial score (nSPS) is 13.0. The Balaban J connectivity index is 1.39. The van der Waals surface area contributed by atoms with Gasteiger partial charge in [-0.15, -0.1) is 0 Å². The van der Waals surface area contributed by atoms with E-state index in [-0.39, 0.29) is 22.6 Å². The average molecular weight is 876 g/mol. The number of hydrogen-bond donors (Lipinski definition) is 1. The molecule has 0 radical (unpaired) electrons. The highest BCUT2D eigenvalue weighted by Gasteiger charge is 2.39. The second-order valence-electron chi connectivity index (χ2n) is 15.2. The van der Waals surface area contributed by atoms with Gasteiger partial charge in [0, 0.05) is 69.4 Å². The highest BCUT2D eigenvalue weighted by Crippen LogP contribution is 2.39. The molecular formula is C43H47ClIN3O5Si. The first kappa shape index (κ1) is 39.4. The second-order valence-corrected chi connectivity index (χ2v) is 21.4. The summed E-state index contributed by atoms with van der Waals surface area (Å²) in [5, 5.41) is 10.9. The van der Waals surface area contributed by atoms with Crippen LogP contribution >= 0.6 is 34.2 Å². The number of phenols is 1. The minimum absolute atomic E-state index is 0.0330. The lowest BCUT2D eigenvalue weighted by molar-refractivity contribution is 0.0734. The number of phenolic OH excluding ortho intramolecular Hbond substituents is 1. The predicted molar refractivity (Wildman–Crippen MR) is 229 cm³/mol. The summed E-state index contributed by atoms with van der Waals surface area (Å²) in [7, 11) is -0.190. The van der Waals surface area contributed by atoms with E-state index in [1.807, 2.05) is 79.2 Å². The van der Waals surface area contributed by atoms with Gasteiger partial charge in [0.05, 0.1) is 17.9 Å². The third-order valence-electron chi connectivity index (χ3n) is 10.7. The SMILES string of the molecule is Cc1c(C(=O)N(c2ccc(O[Si](C)(C)C(C)(C)C)cc2)c2cccc(OCCI)c2)cc(-c2cc(Cl)ccc2C(=O)N2CCc3c(O)cccc3C2)n1C. The number of aromatic hydroxyl groups is 1. The number of carbonyl (C=O) groups is 2. The minimum atomic E-state index is -2.09. The second kappa shape index (κ2) is 15.8. The molecule has 54 heavy (non-hydrogen) atoms. The predicted octanol–water partition coefficient (Wildman–Crippen LogP) is 10.7. The Kier molecular flexibility index (Phi) is 11.6. The molecule has 1 aromatic heterocycles. The lowest BCUT2D eigenvalue weighted by Crippen LogP contribution is -2.43. The van der Waals surface area contributed by atoms with Gasteiger partial charge in [-0.3, -0.25) is 14.5 Å². The molecule has 1 aliphatic heterocycles. The third-order valence-corrected chi connectivity index (χ3v) is 15.7. The summed E-state index contributed by atoms with van der Waals surface area (Å²) in [6.07, 6.45) is 0.558. The van der Waals surface area contributed by atoms with Crippen molar-refractivity contribution in [1.29, 1.82) is 0 Å². The first-order valence-corrected chi connectivity index (χ1v) is 22.9. The molecule has 6 rings (SSSR count). The van der Waals surface area contributed by atoms with Crippen LogP contribution in [0.4, 0.5) is 11.4 Å². The van der Waals surface area contributed by atoms with Crippen LogP contribution in [0.15, 0.2) is 91.0 Å². The van der Waals surface area contributed by atoms with E-state index >= 15 is 0 Å². The average Bonchev–Trinajstić information content (AvgIpc) is 3.43. The number of anilines is 2. The summed E-state index contributed by atoms with van der Waals surface area (Å²) in [4.78, 5) is 32.6. The summed E-state index contributed by atoms with van der Waals surface area (Å²) in [5.74, 6) is 1.31. The maximum Gasteiger partial charge on any atom is 0.264 e. The number of amides is 2. The number of carbonyl (C=O) groups excluding carboxylic acids is 2. The Morgan fingerprint density at radius 1 is 0.926 bits per heavy atom. The Hall–Kier alpha value is -4.26. The molecular weight excluding hydrogens is 829 g/mol. The van der Waals surface area contributed by atoms with Crippen molar-refractivity contribution in [1.82, 2.24) is 9.47 Å². The van der Waals surface area contributed by atoms with Crippen LogP contribution in [-0.2, 0) is 20.0 Å². The molecule has 0 unspecified atom stereocenters. The molecule has 2 heterocycles. The highest BCUT2D eigenvalue weighted by atomic mass is 127. The number of aromatic nitrogens is 1. The van der Waals surface area contributed by atoms with Crippen LogP contribution in [-0.4, -0.2) is 52.3 Å². The maximum atomic E-state index is 14.9. The largest absolute Gasteiger partial charge is 0.544 e. The van der Waals surface area contributed by atoms with E-state index in [0.29, 0.717) is 70.6 Å². The molecule has 0 aliphatic carbocycles. The van der Waals surface area contributed by atoms with Gasteiger partial charge < -0.3 is 23.7 Å². The van der Waals surface area contributed by atoms with Crippen LogP contribution in [0.25, 0.3) is 11.3 Å². The van der Waals surface area contributed by atoms with E-state index in [2.05, 4.69) is 56.5 Å². The lowest BCUT2D eigenvalue weighted by atomic mass is 9.97. The number of halogens is 2. The number of fused-ring (bicyclic) bond motifs is 1. The van der Waals surface area contributed by atoms with Crippen LogP contribution < -0.4 is 14.1 Å². The molecule has 4 aromatic carbocycles. The standard InChI is InChI=1S/C43H47ClIN3O5Si/c1-28-37(26-39(46(28)5)38-24-30(44)14-19-36(38)41(50)47-22-20-35-29(27-47)10-8-13-40(35)49)42(51)48(32-11-9-12-34(25-32)52-23-21-45)31-15-17-33(18-16-31)53-54(6,7)43(2,3)4/h8-19,24-26,49H,20-23,27H2,1-7H3. The van der Waals surface area contributed by atoms with Crippen LogP contribution in [0, 0.1) is 6.92 Å². The molecule has 1 N–H and O–H groups in total. The van der Waals surface area contributed by atoms with E-state index < -0.39 is 8.32 Å². The number of hydrogen-bond acceptors (Lipinski definition) is 5. The van der Waals surface area contributed by atoms with Crippen molar-refractivity contribution >= 4 is 65.7 Å². The first-order chi connectivity index (χ1) is 25.6. The topological polar surface area (TPSA) is 84.2 Å². The zero-order valence-corrected chi connectivity index (χ0v) is 35.8. The van der Waals surface area contributed by atoms with E-state index in [1.165, 1.54) is 0 Å². The van der Waals surface area contributed by atoms with Crippen LogP contribution in [0.1, 0.15) is 58.3 Å². The highest BCUT2D eigenvalue weighted by molar-refractivity contribution is 14.1. The van der Waals surface area contributed by atoms with Gasteiger partial charge in [-0.2, -0.15) is 0 Å². The van der Waals surface area contributed by atoms with Crippen molar-refractivity contribution in [2.24, 2.45) is 7.05 Å². The van der Waals surface area contributed by atoms with Gasteiger partial charge in [0.1, 0.15) is 17.2 Å². The number of benzene rings is 4. The number of ether oxygens (including phenoxy) is 1. The van der Waals surface area contributed by atoms with Crippen molar-refractivity contribution in [3.05, 3.63) is 124 Å². The molecule has 0 atom stereocenters. The summed E-state index contributed by atoms with van der Waals surface area (Å²) in [6.45, 7) is 14.4. The summed E-state index contributed by atoms with van der Waals surface area (Å²) < 4.78 is 15.3. The number of nitrogens with zero attached hydrogens (tertiary/aromatic N) is 3. The van der Waals surface area contributed by atoms with E-state index in [0.717, 1.165) is 27.0 Å². The van der Waals surface area contributed by atoms with Crippen LogP contribution in [0.2, 0.25) is 23.2 Å². The molecule has 11 heteroatoms. The monoisotopic (exact) mass is 875 g/mol. The Labute approximate surface area is 337 Å². The molecule has 0 saturated heterocycles. The Morgan fingerprint density at radius 2 is 1.65 bits per heavy atom. The molecule has 282 valence electrons. The maximum absolute atomic E-state index is 14.9. The molecule has 2 amide bonds. The number of rotatable bonds is 10.